The average molecular weight is 249 g/mol. The lowest BCUT2D eigenvalue weighted by molar-refractivity contribution is 0.619. The van der Waals surface area contributed by atoms with Gasteiger partial charge in [-0.3, -0.25) is 0 Å². The Labute approximate surface area is 93.3 Å². The molecular formula is C8H3Cl2FN2S. The fraction of sp³-hybridized carbons (Fsp3) is 0. The van der Waals surface area contributed by atoms with E-state index in [0.717, 1.165) is 0 Å². The lowest BCUT2D eigenvalue weighted by atomic mass is 10.3. The lowest BCUT2D eigenvalue weighted by Gasteiger charge is -2.00. The molecule has 2 aromatic heterocycles. The summed E-state index contributed by atoms with van der Waals surface area (Å²) in [4.78, 5) is 7.95. The predicted molar refractivity (Wildman–Crippen MR) is 55.3 cm³/mol. The standard InChI is InChI=1S/C8H3Cl2FN2S/c9-7-5(11)6(12-8(10)13-7)4-2-1-3-14-4/h1-3H. The molecule has 0 bridgehead atoms. The molecule has 0 saturated carbocycles. The number of halogens is 3. The minimum atomic E-state index is -0.640. The number of nitrogens with zero attached hydrogens (tertiary/aromatic N) is 2. The van der Waals surface area contributed by atoms with Crippen LogP contribution in [0.25, 0.3) is 10.6 Å². The zero-order chi connectivity index (χ0) is 10.1. The van der Waals surface area contributed by atoms with Crippen molar-refractivity contribution in [2.45, 2.75) is 0 Å². The summed E-state index contributed by atoms with van der Waals surface area (Å²) in [5, 5.41) is 1.51. The molecule has 0 aliphatic heterocycles. The van der Waals surface area contributed by atoms with E-state index in [1.54, 1.807) is 12.1 Å². The van der Waals surface area contributed by atoms with Crippen LogP contribution in [-0.2, 0) is 0 Å². The molecule has 2 aromatic rings. The van der Waals surface area contributed by atoms with Crippen LogP contribution in [0.5, 0.6) is 0 Å². The molecule has 0 aromatic carbocycles. The van der Waals surface area contributed by atoms with Gasteiger partial charge in [0.2, 0.25) is 5.28 Å². The van der Waals surface area contributed by atoms with Gasteiger partial charge in [-0.25, -0.2) is 14.4 Å². The summed E-state index contributed by atoms with van der Waals surface area (Å²) in [6.45, 7) is 0. The Bertz CT molecular complexity index is 459. The van der Waals surface area contributed by atoms with E-state index in [2.05, 4.69) is 9.97 Å². The van der Waals surface area contributed by atoms with Crippen LogP contribution >= 0.6 is 34.5 Å². The van der Waals surface area contributed by atoms with Crippen LogP contribution in [-0.4, -0.2) is 9.97 Å². The molecule has 72 valence electrons. The van der Waals surface area contributed by atoms with Crippen LogP contribution in [0.3, 0.4) is 0 Å². The number of rotatable bonds is 1. The van der Waals surface area contributed by atoms with E-state index in [1.807, 2.05) is 5.38 Å². The number of thiophene rings is 1. The van der Waals surface area contributed by atoms with Crippen LogP contribution in [0.4, 0.5) is 4.39 Å². The quantitative estimate of drug-likeness (QED) is 0.569. The lowest BCUT2D eigenvalue weighted by Crippen LogP contribution is -1.93. The maximum atomic E-state index is 13.4. The van der Waals surface area contributed by atoms with E-state index in [1.165, 1.54) is 11.3 Å². The molecule has 0 unspecified atom stereocenters. The molecule has 2 rings (SSSR count). The Hall–Kier alpha value is -0.710. The minimum absolute atomic E-state index is 0.0557. The SMILES string of the molecule is Fc1c(Cl)nc(Cl)nc1-c1cccs1. The molecule has 0 N–H and O–H groups in total. The number of hydrogen-bond acceptors (Lipinski definition) is 3. The molecule has 14 heavy (non-hydrogen) atoms. The van der Waals surface area contributed by atoms with Crippen LogP contribution in [0.15, 0.2) is 17.5 Å². The van der Waals surface area contributed by atoms with Gasteiger partial charge in [-0.05, 0) is 23.0 Å². The van der Waals surface area contributed by atoms with Gasteiger partial charge in [0.05, 0.1) is 4.88 Å². The largest absolute Gasteiger partial charge is 0.224 e. The van der Waals surface area contributed by atoms with E-state index in [9.17, 15) is 4.39 Å². The van der Waals surface area contributed by atoms with Gasteiger partial charge in [-0.15, -0.1) is 11.3 Å². The zero-order valence-electron chi connectivity index (χ0n) is 6.67. The van der Waals surface area contributed by atoms with Crippen LogP contribution in [0.1, 0.15) is 0 Å². The molecule has 0 spiro atoms. The highest BCUT2D eigenvalue weighted by atomic mass is 35.5. The molecular weight excluding hydrogens is 246 g/mol. The summed E-state index contributed by atoms with van der Waals surface area (Å²) in [5.41, 5.74) is 0.144. The smallest absolute Gasteiger partial charge is 0.214 e. The van der Waals surface area contributed by atoms with Crippen molar-refractivity contribution < 1.29 is 4.39 Å². The highest BCUT2D eigenvalue weighted by Crippen LogP contribution is 2.29. The fourth-order valence-electron chi connectivity index (χ4n) is 0.971. The van der Waals surface area contributed by atoms with Crippen LogP contribution in [0.2, 0.25) is 10.4 Å². The molecule has 0 saturated heterocycles. The molecule has 0 aliphatic rings. The number of aromatic nitrogens is 2. The summed E-state index contributed by atoms with van der Waals surface area (Å²) < 4.78 is 13.4. The third-order valence-electron chi connectivity index (χ3n) is 1.54. The summed E-state index contributed by atoms with van der Waals surface area (Å²) in [7, 11) is 0. The first-order valence-corrected chi connectivity index (χ1v) is 5.24. The Morgan fingerprint density at radius 2 is 2.07 bits per heavy atom. The summed E-state index contributed by atoms with van der Waals surface area (Å²) in [5.74, 6) is -0.640. The first-order chi connectivity index (χ1) is 6.68. The average Bonchev–Trinajstić information content (AvgIpc) is 2.63. The van der Waals surface area contributed by atoms with Crippen molar-refractivity contribution in [2.24, 2.45) is 0 Å². The van der Waals surface area contributed by atoms with Crippen molar-refractivity contribution in [3.8, 4) is 10.6 Å². The topological polar surface area (TPSA) is 25.8 Å². The van der Waals surface area contributed by atoms with E-state index in [-0.39, 0.29) is 16.1 Å². The Morgan fingerprint density at radius 1 is 1.29 bits per heavy atom. The van der Waals surface area contributed by atoms with Crippen molar-refractivity contribution >= 4 is 34.5 Å². The van der Waals surface area contributed by atoms with Gasteiger partial charge in [0.25, 0.3) is 0 Å². The van der Waals surface area contributed by atoms with E-state index < -0.39 is 5.82 Å². The second-order valence-electron chi connectivity index (χ2n) is 2.42. The molecule has 6 heteroatoms. The third kappa shape index (κ3) is 1.73. The van der Waals surface area contributed by atoms with Gasteiger partial charge in [0, 0.05) is 0 Å². The van der Waals surface area contributed by atoms with Crippen molar-refractivity contribution in [3.05, 3.63) is 33.8 Å². The summed E-state index contributed by atoms with van der Waals surface area (Å²) in [6.07, 6.45) is 0. The van der Waals surface area contributed by atoms with Gasteiger partial charge in [-0.2, -0.15) is 0 Å². The van der Waals surface area contributed by atoms with Crippen LogP contribution < -0.4 is 0 Å². The zero-order valence-corrected chi connectivity index (χ0v) is 9.00. The molecule has 0 radical (unpaired) electrons. The molecule has 2 nitrogen and oxygen atoms in total. The third-order valence-corrected chi connectivity index (χ3v) is 2.83. The Kier molecular flexibility index (Phi) is 2.67. The second kappa shape index (κ2) is 3.81. The van der Waals surface area contributed by atoms with Gasteiger partial charge in [-0.1, -0.05) is 17.7 Å². The minimum Gasteiger partial charge on any atom is -0.214 e. The van der Waals surface area contributed by atoms with Gasteiger partial charge < -0.3 is 0 Å². The molecule has 0 atom stereocenters. The van der Waals surface area contributed by atoms with Crippen molar-refractivity contribution in [3.63, 3.8) is 0 Å². The summed E-state index contributed by atoms with van der Waals surface area (Å²) in [6, 6.07) is 3.53. The van der Waals surface area contributed by atoms with E-state index in [4.69, 9.17) is 23.2 Å². The molecule has 0 fully saturated rings. The normalized spacial score (nSPS) is 10.5. The van der Waals surface area contributed by atoms with Gasteiger partial charge >= 0.3 is 0 Å². The molecule has 0 amide bonds. The van der Waals surface area contributed by atoms with Crippen molar-refractivity contribution in [1.82, 2.24) is 9.97 Å². The van der Waals surface area contributed by atoms with Gasteiger partial charge in [0.15, 0.2) is 11.0 Å². The Balaban J connectivity index is 2.64. The van der Waals surface area contributed by atoms with Crippen LogP contribution in [0, 0.1) is 5.82 Å². The highest BCUT2D eigenvalue weighted by Gasteiger charge is 2.14. The predicted octanol–water partition coefficient (Wildman–Crippen LogP) is 3.65. The second-order valence-corrected chi connectivity index (χ2v) is 4.07. The molecule has 0 aliphatic carbocycles. The maximum absolute atomic E-state index is 13.4. The van der Waals surface area contributed by atoms with E-state index in [0.29, 0.717) is 4.88 Å². The highest BCUT2D eigenvalue weighted by molar-refractivity contribution is 7.13. The number of hydrogen-bond donors (Lipinski definition) is 0. The first-order valence-electron chi connectivity index (χ1n) is 3.61. The maximum Gasteiger partial charge on any atom is 0.224 e. The van der Waals surface area contributed by atoms with Crippen molar-refractivity contribution in [2.75, 3.05) is 0 Å². The first kappa shape index (κ1) is 9.83. The Morgan fingerprint density at radius 3 is 2.71 bits per heavy atom. The van der Waals surface area contributed by atoms with Gasteiger partial charge in [0.1, 0.15) is 5.69 Å². The monoisotopic (exact) mass is 248 g/mol. The summed E-state index contributed by atoms with van der Waals surface area (Å²) >= 11 is 12.5. The van der Waals surface area contributed by atoms with E-state index >= 15 is 0 Å². The molecule has 2 heterocycles. The van der Waals surface area contributed by atoms with Crippen molar-refractivity contribution in [1.29, 1.82) is 0 Å². The fourth-order valence-corrected chi connectivity index (χ4v) is 2.06.